The third kappa shape index (κ3) is 3.96. The fraction of sp³-hybridized carbons (Fsp3) is 0.579. The van der Waals surface area contributed by atoms with E-state index in [1.54, 1.807) is 4.90 Å². The fourth-order valence-electron chi connectivity index (χ4n) is 2.93. The average molecular weight is 332 g/mol. The summed E-state index contributed by atoms with van der Waals surface area (Å²) in [6.45, 7) is 9.86. The minimum atomic E-state index is -0.710. The molecule has 0 spiro atoms. The molecule has 2 unspecified atom stereocenters. The van der Waals surface area contributed by atoms with Gasteiger partial charge >= 0.3 is 0 Å². The Kier molecular flexibility index (Phi) is 5.65. The molecule has 132 valence electrons. The van der Waals surface area contributed by atoms with Gasteiger partial charge in [0.1, 0.15) is 6.61 Å². The van der Waals surface area contributed by atoms with E-state index in [4.69, 9.17) is 4.74 Å². The summed E-state index contributed by atoms with van der Waals surface area (Å²) in [5, 5.41) is 3.05. The zero-order valence-electron chi connectivity index (χ0n) is 15.2. The first-order chi connectivity index (χ1) is 11.3. The van der Waals surface area contributed by atoms with Gasteiger partial charge in [0.05, 0.1) is 6.04 Å². The number of nitrogens with one attached hydrogen (secondary N) is 1. The summed E-state index contributed by atoms with van der Waals surface area (Å²) < 4.78 is 5.69. The Morgan fingerprint density at radius 2 is 1.96 bits per heavy atom. The van der Waals surface area contributed by atoms with Crippen LogP contribution >= 0.6 is 0 Å². The highest BCUT2D eigenvalue weighted by Gasteiger charge is 2.43. The number of carbonyl (C=O) groups is 2. The molecule has 1 aliphatic heterocycles. The Labute approximate surface area is 144 Å². The number of amides is 2. The lowest BCUT2D eigenvalue weighted by atomic mass is 9.94. The van der Waals surface area contributed by atoms with E-state index in [0.717, 1.165) is 12.0 Å². The van der Waals surface area contributed by atoms with Crippen LogP contribution in [0.3, 0.4) is 0 Å². The van der Waals surface area contributed by atoms with Crippen LogP contribution in [0, 0.1) is 0 Å². The summed E-state index contributed by atoms with van der Waals surface area (Å²) in [5.41, 5.74) is 0.597. The molecular weight excluding hydrogens is 304 g/mol. The lowest BCUT2D eigenvalue weighted by Crippen LogP contribution is -2.58. The maximum atomic E-state index is 12.9. The van der Waals surface area contributed by atoms with E-state index in [1.807, 2.05) is 65.0 Å². The number of nitrogens with zero attached hydrogens (tertiary/aromatic N) is 1. The van der Waals surface area contributed by atoms with E-state index in [0.29, 0.717) is 0 Å². The second-order valence-corrected chi connectivity index (χ2v) is 7.21. The molecule has 0 saturated carbocycles. The number of ether oxygens (including phenoxy) is 1. The van der Waals surface area contributed by atoms with Crippen LogP contribution in [0.4, 0.5) is 0 Å². The molecule has 1 N–H and O–H groups in total. The highest BCUT2D eigenvalue weighted by atomic mass is 16.5. The second-order valence-electron chi connectivity index (χ2n) is 7.21. The number of benzene rings is 1. The number of rotatable bonds is 5. The highest BCUT2D eigenvalue weighted by molar-refractivity contribution is 5.87. The van der Waals surface area contributed by atoms with E-state index in [9.17, 15) is 9.59 Å². The van der Waals surface area contributed by atoms with Crippen LogP contribution < -0.4 is 5.32 Å². The molecule has 2 amide bonds. The highest BCUT2D eigenvalue weighted by Crippen LogP contribution is 2.32. The van der Waals surface area contributed by atoms with E-state index < -0.39 is 12.1 Å². The molecule has 0 radical (unpaired) electrons. The molecular formula is C19H28N2O3. The Balaban J connectivity index is 2.37. The first kappa shape index (κ1) is 18.5. The van der Waals surface area contributed by atoms with Gasteiger partial charge in [-0.05, 0) is 39.7 Å². The Hall–Kier alpha value is -1.88. The van der Waals surface area contributed by atoms with Crippen LogP contribution in [0.25, 0.3) is 0 Å². The summed E-state index contributed by atoms with van der Waals surface area (Å²) in [6.07, 6.45) is 0.104. The first-order valence-corrected chi connectivity index (χ1v) is 8.56. The lowest BCUT2D eigenvalue weighted by molar-refractivity contribution is -0.167. The molecule has 1 saturated heterocycles. The van der Waals surface area contributed by atoms with Gasteiger partial charge in [0, 0.05) is 11.6 Å². The summed E-state index contributed by atoms with van der Waals surface area (Å²) in [5.74, 6) is -0.258. The SMILES string of the molecule is CCC(C)(C)NC(=O)C1OCC(=O)N(C(C)C)C1c1ccccc1. The van der Waals surface area contributed by atoms with Crippen LogP contribution in [0.2, 0.25) is 0 Å². The Morgan fingerprint density at radius 1 is 1.33 bits per heavy atom. The van der Waals surface area contributed by atoms with Gasteiger partial charge in [-0.2, -0.15) is 0 Å². The van der Waals surface area contributed by atoms with Crippen LogP contribution in [-0.4, -0.2) is 41.0 Å². The summed E-state index contributed by atoms with van der Waals surface area (Å²) >= 11 is 0. The predicted molar refractivity (Wildman–Crippen MR) is 93.4 cm³/mol. The predicted octanol–water partition coefficient (Wildman–Crippen LogP) is 2.67. The van der Waals surface area contributed by atoms with Crippen molar-refractivity contribution in [2.45, 2.75) is 64.8 Å². The van der Waals surface area contributed by atoms with E-state index >= 15 is 0 Å². The van der Waals surface area contributed by atoms with Crippen molar-refractivity contribution < 1.29 is 14.3 Å². The minimum Gasteiger partial charge on any atom is -0.356 e. The molecule has 0 bridgehead atoms. The molecule has 1 aromatic carbocycles. The Morgan fingerprint density at radius 3 is 2.50 bits per heavy atom. The van der Waals surface area contributed by atoms with Crippen LogP contribution in [0.15, 0.2) is 30.3 Å². The minimum absolute atomic E-state index is 0.0129. The van der Waals surface area contributed by atoms with Crippen molar-refractivity contribution >= 4 is 11.8 Å². The molecule has 1 fully saturated rings. The lowest BCUT2D eigenvalue weighted by Gasteiger charge is -2.43. The van der Waals surface area contributed by atoms with Gasteiger partial charge < -0.3 is 15.0 Å². The van der Waals surface area contributed by atoms with Crippen LogP contribution in [-0.2, 0) is 14.3 Å². The van der Waals surface area contributed by atoms with Crippen molar-refractivity contribution in [3.63, 3.8) is 0 Å². The number of hydrogen-bond donors (Lipinski definition) is 1. The van der Waals surface area contributed by atoms with Gasteiger partial charge in [0.25, 0.3) is 5.91 Å². The summed E-state index contributed by atoms with van der Waals surface area (Å²) in [4.78, 5) is 27.0. The van der Waals surface area contributed by atoms with Gasteiger partial charge in [-0.15, -0.1) is 0 Å². The van der Waals surface area contributed by atoms with Crippen molar-refractivity contribution in [2.24, 2.45) is 0 Å². The topological polar surface area (TPSA) is 58.6 Å². The van der Waals surface area contributed by atoms with Crippen molar-refractivity contribution in [3.05, 3.63) is 35.9 Å². The largest absolute Gasteiger partial charge is 0.356 e. The van der Waals surface area contributed by atoms with E-state index in [2.05, 4.69) is 5.32 Å². The molecule has 2 atom stereocenters. The monoisotopic (exact) mass is 332 g/mol. The Bertz CT molecular complexity index is 584. The van der Waals surface area contributed by atoms with E-state index in [-0.39, 0.29) is 30.0 Å². The van der Waals surface area contributed by atoms with Gasteiger partial charge in [-0.1, -0.05) is 37.3 Å². The number of morpholine rings is 1. The standard InChI is InChI=1S/C19H28N2O3/c1-6-19(4,5)20-18(23)17-16(14-10-8-7-9-11-14)21(13(2)3)15(22)12-24-17/h7-11,13,16-17H,6,12H2,1-5H3,(H,20,23). The van der Waals surface area contributed by atoms with Crippen LogP contribution in [0.1, 0.15) is 52.6 Å². The third-order valence-electron chi connectivity index (χ3n) is 4.56. The molecule has 24 heavy (non-hydrogen) atoms. The number of hydrogen-bond acceptors (Lipinski definition) is 3. The zero-order chi connectivity index (χ0) is 17.9. The third-order valence-corrected chi connectivity index (χ3v) is 4.56. The molecule has 5 nitrogen and oxygen atoms in total. The normalized spacial score (nSPS) is 21.9. The van der Waals surface area contributed by atoms with Gasteiger partial charge in [-0.25, -0.2) is 0 Å². The summed E-state index contributed by atoms with van der Waals surface area (Å²) in [7, 11) is 0. The molecule has 0 aromatic heterocycles. The molecule has 1 aliphatic rings. The first-order valence-electron chi connectivity index (χ1n) is 8.56. The zero-order valence-corrected chi connectivity index (χ0v) is 15.2. The van der Waals surface area contributed by atoms with E-state index in [1.165, 1.54) is 0 Å². The molecule has 5 heteroatoms. The smallest absolute Gasteiger partial charge is 0.252 e. The molecule has 1 aromatic rings. The van der Waals surface area contributed by atoms with Crippen molar-refractivity contribution in [1.29, 1.82) is 0 Å². The van der Waals surface area contributed by atoms with Crippen molar-refractivity contribution in [2.75, 3.05) is 6.61 Å². The summed E-state index contributed by atoms with van der Waals surface area (Å²) in [6, 6.07) is 9.20. The fourth-order valence-corrected chi connectivity index (χ4v) is 2.93. The molecule has 2 rings (SSSR count). The second kappa shape index (κ2) is 7.34. The maximum absolute atomic E-state index is 12.9. The van der Waals surface area contributed by atoms with Crippen molar-refractivity contribution in [1.82, 2.24) is 10.2 Å². The number of carbonyl (C=O) groups excluding carboxylic acids is 2. The van der Waals surface area contributed by atoms with Gasteiger partial charge in [0.2, 0.25) is 5.91 Å². The van der Waals surface area contributed by atoms with Crippen LogP contribution in [0.5, 0.6) is 0 Å². The molecule has 1 heterocycles. The molecule has 0 aliphatic carbocycles. The van der Waals surface area contributed by atoms with Gasteiger partial charge in [0.15, 0.2) is 6.10 Å². The van der Waals surface area contributed by atoms with Crippen molar-refractivity contribution in [3.8, 4) is 0 Å². The maximum Gasteiger partial charge on any atom is 0.252 e. The van der Waals surface area contributed by atoms with Gasteiger partial charge in [-0.3, -0.25) is 9.59 Å². The average Bonchev–Trinajstić information content (AvgIpc) is 2.54. The quantitative estimate of drug-likeness (QED) is 0.902.